The number of phenols is 1. The number of H-pyrrole nitrogens is 1. The molecule has 9 aliphatic carbocycles. The van der Waals surface area contributed by atoms with Crippen LogP contribution in [-0.2, 0) is 25.7 Å². The van der Waals surface area contributed by atoms with Crippen LogP contribution < -0.4 is 16.4 Å². The minimum atomic E-state index is -2.15. The maximum Gasteiger partial charge on any atom is 0.314 e. The van der Waals surface area contributed by atoms with E-state index in [0.717, 1.165) is 36.0 Å². The van der Waals surface area contributed by atoms with Crippen LogP contribution in [-0.4, -0.2) is 147 Å². The van der Waals surface area contributed by atoms with Crippen LogP contribution in [0.3, 0.4) is 0 Å². The number of nitrogens with one attached hydrogen (secondary N) is 3. The van der Waals surface area contributed by atoms with Crippen LogP contribution in [0.2, 0.25) is 0 Å². The number of hydrogen-bond acceptors (Lipinski definition) is 17. The van der Waals surface area contributed by atoms with E-state index in [0.29, 0.717) is 55.8 Å². The van der Waals surface area contributed by atoms with Crippen molar-refractivity contribution in [3.63, 3.8) is 0 Å². The Hall–Kier alpha value is -5.18. The van der Waals surface area contributed by atoms with Gasteiger partial charge in [0.2, 0.25) is 0 Å². The number of aromatic nitrogens is 1. The van der Waals surface area contributed by atoms with Crippen molar-refractivity contribution in [2.45, 2.75) is 196 Å². The first-order valence-electron chi connectivity index (χ1n) is 36.1. The Kier molecular flexibility index (Phi) is 18.7. The molecule has 18 nitrogen and oxygen atoms in total. The van der Waals surface area contributed by atoms with Crippen molar-refractivity contribution >= 4 is 45.1 Å². The molecule has 0 radical (unpaired) electrons. The molecule has 2 aliphatic heterocycles. The lowest BCUT2D eigenvalue weighted by atomic mass is 9.37. The van der Waals surface area contributed by atoms with E-state index in [1.54, 1.807) is 31.2 Å². The third-order valence-corrected chi connectivity index (χ3v) is 30.1. The lowest BCUT2D eigenvalue weighted by molar-refractivity contribution is -0.256. The molecule has 2 saturated heterocycles. The fourth-order valence-electron chi connectivity index (χ4n) is 23.4. The summed E-state index contributed by atoms with van der Waals surface area (Å²) in [6, 6.07) is 17.0. The number of Topliss-reactive ketones (excluding diaryl/α,β-unsaturated/α-hetero) is 2. The van der Waals surface area contributed by atoms with Gasteiger partial charge in [-0.25, -0.2) is 4.99 Å². The quantitative estimate of drug-likeness (QED) is 0.0174. The summed E-state index contributed by atoms with van der Waals surface area (Å²) in [6.07, 6.45) is 6.73. The standard InChI is InChI=1S/C77H101N5O13S2/c1-5-59-60(61(70(91)95-59)48-24-27-79-36-48)45-12-9-13-47-32-77(94)64-62(72(3)34-58(86)66(87)53-40-97-96-39-49(43-17-21-51(84)22-18-43)29-57(85)56(38-83)82-65(64)67(88)63(53)72)46-16-20-50(37-81-71(78)80-35-42-10-7-6-8-11-42)76(77,31-46)68(47)73(4,92)75(93)26-25-74(30-45)54(52(33-75)69(89)90)23-19-44-15-14-41(2)28-55(44)74/h6-8,10-11,17-19,21-22,24,27,36,41,45-47,49-50,52-56,58-63,66,68-69,79,82-84,86-87,89-90,92-94H,5,13-16,20,23,25-26,28-35,37-40H2,1-4H3,(H3,78,80,81). The molecule has 2 spiro atoms. The number of ether oxygens (including phenoxy) is 1. The van der Waals surface area contributed by atoms with E-state index in [9.17, 15) is 45.6 Å². The van der Waals surface area contributed by atoms with Gasteiger partial charge in [-0.05, 0) is 190 Å². The summed E-state index contributed by atoms with van der Waals surface area (Å²) in [4.78, 5) is 54.6. The first kappa shape index (κ1) is 68.9. The number of carbonyl (C=O) groups is 3. The molecule has 25 atom stereocenters. The molecule has 2 aromatic carbocycles. The Bertz CT molecular complexity index is 3610. The van der Waals surface area contributed by atoms with Crippen molar-refractivity contribution < 1.29 is 65.1 Å². The minimum Gasteiger partial charge on any atom is -0.508 e. The number of benzene rings is 2. The van der Waals surface area contributed by atoms with E-state index in [1.165, 1.54) is 27.2 Å². The van der Waals surface area contributed by atoms with Gasteiger partial charge in [0.1, 0.15) is 17.9 Å². The number of phenolic OH excluding ortho intramolecular Hbond substituents is 1. The SMILES string of the molecule is CCC1OC(=O)C(c2cc[nH]c2)C1C1C#CCC2CC3(O)C4=C5NC(CO)C(=O)CC(c6ccc(O)cc6)CSSCC6C(O)C(O)CC(C)(C4C4CCC(CNC(N)=NCc7ccccc7)C3(C4)C2C(C)(O)C2(O)CCC3(C1)C1CC(C)CCC1=CCC3C(C(O)O)C2)C6C5=O. The smallest absolute Gasteiger partial charge is 0.314 e. The summed E-state index contributed by atoms with van der Waals surface area (Å²) >= 11 is 0. The van der Waals surface area contributed by atoms with Crippen LogP contribution in [0.4, 0.5) is 0 Å². The Labute approximate surface area is 577 Å². The second-order valence-electron chi connectivity index (χ2n) is 32.3. The van der Waals surface area contributed by atoms with Crippen molar-refractivity contribution in [1.29, 1.82) is 0 Å². The number of carbonyl (C=O) groups excluding carboxylic acids is 3. The van der Waals surface area contributed by atoms with Crippen LogP contribution in [0.15, 0.2) is 101 Å². The highest BCUT2D eigenvalue weighted by atomic mass is 33.1. The lowest BCUT2D eigenvalue weighted by Gasteiger charge is -2.69. The van der Waals surface area contributed by atoms with Gasteiger partial charge in [-0.2, -0.15) is 0 Å². The molecule has 8 fully saturated rings. The first-order valence-corrected chi connectivity index (χ1v) is 38.6. The van der Waals surface area contributed by atoms with Gasteiger partial charge in [0.05, 0.1) is 53.8 Å². The Morgan fingerprint density at radius 2 is 1.68 bits per heavy atom. The number of allylic oxidation sites excluding steroid dienone is 3. The van der Waals surface area contributed by atoms with Crippen molar-refractivity contribution in [3.05, 3.63) is 113 Å². The molecule has 1 aromatic heterocycles. The summed E-state index contributed by atoms with van der Waals surface area (Å²) in [6.45, 7) is 7.75. The number of rotatable bonds is 10. The fourth-order valence-corrected chi connectivity index (χ4v) is 26.2. The van der Waals surface area contributed by atoms with Crippen molar-refractivity contribution in [1.82, 2.24) is 15.6 Å². The van der Waals surface area contributed by atoms with E-state index in [1.807, 2.05) is 62.6 Å². The van der Waals surface area contributed by atoms with Gasteiger partial charge in [-0.3, -0.25) is 14.4 Å². The number of ketones is 2. The first-order chi connectivity index (χ1) is 46.4. The average molecular weight is 1370 g/mol. The maximum absolute atomic E-state index is 16.8. The normalized spacial score (nSPS) is 44.3. The van der Waals surface area contributed by atoms with Crippen molar-refractivity contribution in [3.8, 4) is 17.6 Å². The number of guanidine groups is 1. The molecule has 14 N–H and O–H groups in total. The van der Waals surface area contributed by atoms with E-state index in [4.69, 9.17) is 15.5 Å². The van der Waals surface area contributed by atoms with Crippen molar-refractivity contribution in [2.24, 2.45) is 104 Å². The maximum atomic E-state index is 16.8. The minimum absolute atomic E-state index is 0.0104. The largest absolute Gasteiger partial charge is 0.508 e. The van der Waals surface area contributed by atoms with Gasteiger partial charge >= 0.3 is 5.97 Å². The highest BCUT2D eigenvalue weighted by molar-refractivity contribution is 8.76. The zero-order valence-electron chi connectivity index (χ0n) is 56.4. The second-order valence-corrected chi connectivity index (χ2v) is 34.8. The third kappa shape index (κ3) is 11.3. The van der Waals surface area contributed by atoms with E-state index in [2.05, 4.69) is 40.5 Å². The van der Waals surface area contributed by atoms with Crippen LogP contribution in [0.5, 0.6) is 5.75 Å². The average Bonchev–Trinajstić information content (AvgIpc) is 1.59. The number of esters is 1. The molecule has 11 aliphatic rings. The van der Waals surface area contributed by atoms with Crippen LogP contribution in [0, 0.1) is 105 Å². The number of aliphatic hydroxyl groups is 8. The van der Waals surface area contributed by atoms with Crippen molar-refractivity contribution in [2.75, 3.05) is 24.7 Å². The van der Waals surface area contributed by atoms with Gasteiger partial charge in [-0.15, -0.1) is 5.92 Å². The van der Waals surface area contributed by atoms with Gasteiger partial charge in [-0.1, -0.05) is 102 Å². The summed E-state index contributed by atoms with van der Waals surface area (Å²) in [5, 5.41) is 123. The Balaban J connectivity index is 0.992. The number of aliphatic hydroxyl groups excluding tert-OH is 4. The number of cyclic esters (lactones) is 1. The summed E-state index contributed by atoms with van der Waals surface area (Å²) in [5.74, 6) is -0.695. The lowest BCUT2D eigenvalue weighted by Crippen LogP contribution is -2.73. The molecule has 3 aromatic rings. The monoisotopic (exact) mass is 1370 g/mol. The molecule has 524 valence electrons. The molecule has 97 heavy (non-hydrogen) atoms. The van der Waals surface area contributed by atoms with E-state index < -0.39 is 147 Å². The molecule has 6 bridgehead atoms. The summed E-state index contributed by atoms with van der Waals surface area (Å²) in [7, 11) is 2.98. The van der Waals surface area contributed by atoms with Gasteiger partial charge < -0.3 is 72.0 Å². The zero-order valence-corrected chi connectivity index (χ0v) is 58.0. The number of hydrogen-bond donors (Lipinski definition) is 13. The second kappa shape index (κ2) is 26.3. The molecule has 0 amide bonds. The number of nitrogens with two attached hydrogens (primary N) is 1. The predicted octanol–water partition coefficient (Wildman–Crippen LogP) is 7.92. The topological polar surface area (TPSA) is 321 Å². The van der Waals surface area contributed by atoms with Crippen LogP contribution in [0.25, 0.3) is 0 Å². The van der Waals surface area contributed by atoms with Crippen LogP contribution >= 0.6 is 21.6 Å². The summed E-state index contributed by atoms with van der Waals surface area (Å²) < 4.78 is 6.42. The van der Waals surface area contributed by atoms with Gasteiger partial charge in [0.15, 0.2) is 23.8 Å². The number of fused-ring (bicyclic) bond motifs is 10. The number of aliphatic imine (C=N–C) groups is 1. The van der Waals surface area contributed by atoms with Gasteiger partial charge in [0.25, 0.3) is 0 Å². The number of aromatic amines is 1. The highest BCUT2D eigenvalue weighted by Gasteiger charge is 2.80. The highest BCUT2D eigenvalue weighted by Crippen LogP contribution is 2.78. The molecule has 6 saturated carbocycles. The molecule has 14 rings (SSSR count). The number of nitrogens with zero attached hydrogens (tertiary/aromatic N) is 1. The third-order valence-electron chi connectivity index (χ3n) is 27.6. The molecule has 20 heteroatoms. The predicted molar refractivity (Wildman–Crippen MR) is 370 cm³/mol. The number of aromatic hydroxyl groups is 1. The Morgan fingerprint density at radius 3 is 2.41 bits per heavy atom. The fraction of sp³-hybridized carbons (Fsp3) is 0.662. The van der Waals surface area contributed by atoms with Crippen LogP contribution in [0.1, 0.15) is 159 Å². The Morgan fingerprint density at radius 1 is 0.907 bits per heavy atom. The van der Waals surface area contributed by atoms with E-state index >= 15 is 14.7 Å². The van der Waals surface area contributed by atoms with E-state index in [-0.39, 0.29) is 105 Å². The molecular weight excluding hydrogens is 1270 g/mol. The van der Waals surface area contributed by atoms with Gasteiger partial charge in [0, 0.05) is 90.1 Å². The molecule has 3 heterocycles. The molecular formula is C77H101N5O13S2. The summed E-state index contributed by atoms with van der Waals surface area (Å²) in [5.41, 5.74) is 1.51. The zero-order chi connectivity index (χ0) is 68.3. The molecule has 25 unspecified atom stereocenters.